The summed E-state index contributed by atoms with van der Waals surface area (Å²) >= 11 is 3.24. The number of rotatable bonds is 0. The number of hydrogen-bond donors (Lipinski definition) is 0. The maximum Gasteiger partial charge on any atom is 0.199 e. The summed E-state index contributed by atoms with van der Waals surface area (Å²) in [7, 11) is 0. The minimum absolute atomic E-state index is 0.0995. The van der Waals surface area contributed by atoms with Gasteiger partial charge < -0.3 is 0 Å². The lowest BCUT2D eigenvalue weighted by atomic mass is 10.1. The van der Waals surface area contributed by atoms with Gasteiger partial charge >= 0.3 is 0 Å². The van der Waals surface area contributed by atoms with Gasteiger partial charge in [0.2, 0.25) is 0 Å². The van der Waals surface area contributed by atoms with Gasteiger partial charge in [-0.15, -0.1) is 23.5 Å². The summed E-state index contributed by atoms with van der Waals surface area (Å²) < 4.78 is 0.909. The van der Waals surface area contributed by atoms with E-state index in [9.17, 15) is 9.59 Å². The first-order chi connectivity index (χ1) is 7.79. The molecule has 1 aromatic carbocycles. The summed E-state index contributed by atoms with van der Waals surface area (Å²) in [6.07, 6.45) is 0. The van der Waals surface area contributed by atoms with Crippen molar-refractivity contribution in [3.63, 3.8) is 0 Å². The van der Waals surface area contributed by atoms with Crippen LogP contribution in [0.4, 0.5) is 0 Å². The number of allylic oxidation sites excluding steroid dienone is 1. The van der Waals surface area contributed by atoms with Crippen LogP contribution in [-0.4, -0.2) is 23.1 Å². The average Bonchev–Trinajstić information content (AvgIpc) is 2.89. The van der Waals surface area contributed by atoms with Gasteiger partial charge in [0.15, 0.2) is 11.6 Å². The second-order valence-electron chi connectivity index (χ2n) is 3.56. The smallest absolute Gasteiger partial charge is 0.199 e. The normalized spacial score (nSPS) is 19.5. The second kappa shape index (κ2) is 3.79. The molecule has 80 valence electrons. The van der Waals surface area contributed by atoms with Crippen molar-refractivity contribution in [3.05, 3.63) is 45.2 Å². The molecule has 4 heteroatoms. The van der Waals surface area contributed by atoms with Gasteiger partial charge in [-0.1, -0.05) is 24.3 Å². The number of carbonyl (C=O) groups is 2. The van der Waals surface area contributed by atoms with Crippen LogP contribution in [0.1, 0.15) is 20.7 Å². The highest BCUT2D eigenvalue weighted by Gasteiger charge is 2.36. The molecule has 1 fully saturated rings. The Bertz CT molecular complexity index is 487. The van der Waals surface area contributed by atoms with Gasteiger partial charge in [-0.2, -0.15) is 0 Å². The molecule has 2 nitrogen and oxygen atoms in total. The van der Waals surface area contributed by atoms with Crippen molar-refractivity contribution in [1.82, 2.24) is 0 Å². The van der Waals surface area contributed by atoms with E-state index in [1.54, 1.807) is 47.8 Å². The number of hydrogen-bond acceptors (Lipinski definition) is 4. The molecule has 1 aliphatic heterocycles. The fourth-order valence-electron chi connectivity index (χ4n) is 1.89. The third-order valence-corrected chi connectivity index (χ3v) is 5.34. The van der Waals surface area contributed by atoms with Crippen molar-refractivity contribution in [2.45, 2.75) is 0 Å². The molecule has 0 aromatic heterocycles. The van der Waals surface area contributed by atoms with E-state index in [-0.39, 0.29) is 11.6 Å². The van der Waals surface area contributed by atoms with Crippen LogP contribution in [0.25, 0.3) is 0 Å². The van der Waals surface area contributed by atoms with Gasteiger partial charge in [-0.25, -0.2) is 0 Å². The summed E-state index contributed by atoms with van der Waals surface area (Å²) in [5.74, 6) is 1.77. The van der Waals surface area contributed by atoms with Crippen molar-refractivity contribution < 1.29 is 9.59 Å². The molecule has 0 N–H and O–H groups in total. The lowest BCUT2D eigenvalue weighted by Crippen LogP contribution is -2.01. The SMILES string of the molecule is O=C1C(=C2SCCS2)C(=O)c2ccccc21. The van der Waals surface area contributed by atoms with Crippen LogP contribution in [0.3, 0.4) is 0 Å². The average molecular weight is 248 g/mol. The molecule has 1 heterocycles. The van der Waals surface area contributed by atoms with Crippen LogP contribution in [0.15, 0.2) is 34.1 Å². The van der Waals surface area contributed by atoms with Crippen molar-refractivity contribution in [2.24, 2.45) is 0 Å². The Morgan fingerprint density at radius 3 is 1.88 bits per heavy atom. The Balaban J connectivity index is 2.18. The van der Waals surface area contributed by atoms with Crippen molar-refractivity contribution >= 4 is 35.1 Å². The zero-order valence-corrected chi connectivity index (χ0v) is 9.99. The lowest BCUT2D eigenvalue weighted by Gasteiger charge is -1.97. The molecule has 3 rings (SSSR count). The highest BCUT2D eigenvalue weighted by Crippen LogP contribution is 2.42. The molecule has 0 spiro atoms. The van der Waals surface area contributed by atoms with Crippen LogP contribution in [0.5, 0.6) is 0 Å². The van der Waals surface area contributed by atoms with Crippen molar-refractivity contribution in [2.75, 3.05) is 11.5 Å². The van der Waals surface area contributed by atoms with Gasteiger partial charge in [-0.3, -0.25) is 9.59 Å². The first-order valence-electron chi connectivity index (χ1n) is 4.97. The quantitative estimate of drug-likeness (QED) is 0.522. The fourth-order valence-corrected chi connectivity index (χ4v) is 4.42. The van der Waals surface area contributed by atoms with E-state index in [2.05, 4.69) is 0 Å². The zero-order chi connectivity index (χ0) is 11.1. The number of benzene rings is 1. The first kappa shape index (κ1) is 10.2. The molecular weight excluding hydrogens is 240 g/mol. The summed E-state index contributed by atoms with van der Waals surface area (Å²) in [5.41, 5.74) is 1.51. The van der Waals surface area contributed by atoms with Gasteiger partial charge in [0, 0.05) is 22.6 Å². The number of ketones is 2. The number of Topliss-reactive ketones (excluding diaryl/α,β-unsaturated/α-hetero) is 2. The van der Waals surface area contributed by atoms with E-state index in [1.165, 1.54) is 0 Å². The highest BCUT2D eigenvalue weighted by molar-refractivity contribution is 8.25. The third-order valence-electron chi connectivity index (χ3n) is 2.62. The molecule has 0 bridgehead atoms. The molecule has 0 unspecified atom stereocenters. The number of thioether (sulfide) groups is 2. The van der Waals surface area contributed by atoms with Gasteiger partial charge in [-0.05, 0) is 0 Å². The van der Waals surface area contributed by atoms with E-state index in [4.69, 9.17) is 0 Å². The molecule has 16 heavy (non-hydrogen) atoms. The van der Waals surface area contributed by atoms with Crippen LogP contribution in [0.2, 0.25) is 0 Å². The van der Waals surface area contributed by atoms with Crippen LogP contribution >= 0.6 is 23.5 Å². The van der Waals surface area contributed by atoms with Crippen LogP contribution in [0, 0.1) is 0 Å². The Morgan fingerprint density at radius 1 is 0.875 bits per heavy atom. The molecule has 0 atom stereocenters. The minimum atomic E-state index is -0.0995. The van der Waals surface area contributed by atoms with Crippen LogP contribution in [-0.2, 0) is 0 Å². The van der Waals surface area contributed by atoms with E-state index < -0.39 is 0 Å². The number of fused-ring (bicyclic) bond motifs is 1. The highest BCUT2D eigenvalue weighted by atomic mass is 32.2. The second-order valence-corrected chi connectivity index (χ2v) is 6.03. The lowest BCUT2D eigenvalue weighted by molar-refractivity contribution is 0.0989. The molecule has 0 radical (unpaired) electrons. The third kappa shape index (κ3) is 1.37. The van der Waals surface area contributed by atoms with Crippen LogP contribution < -0.4 is 0 Å². The van der Waals surface area contributed by atoms with Gasteiger partial charge in [0.25, 0.3) is 0 Å². The largest absolute Gasteiger partial charge is 0.288 e. The topological polar surface area (TPSA) is 34.1 Å². The summed E-state index contributed by atoms with van der Waals surface area (Å²) in [6.45, 7) is 0. The minimum Gasteiger partial charge on any atom is -0.288 e. The first-order valence-corrected chi connectivity index (χ1v) is 6.94. The standard InChI is InChI=1S/C12H8O2S2/c13-10-7-3-1-2-4-8(7)11(14)9(10)12-15-5-6-16-12/h1-4H,5-6H2. The molecular formula is C12H8O2S2. The molecule has 0 amide bonds. The van der Waals surface area contributed by atoms with E-state index >= 15 is 0 Å². The maximum absolute atomic E-state index is 12.1. The molecule has 2 aliphatic rings. The van der Waals surface area contributed by atoms with Gasteiger partial charge in [0.1, 0.15) is 0 Å². The molecule has 1 aliphatic carbocycles. The fraction of sp³-hybridized carbons (Fsp3) is 0.167. The van der Waals surface area contributed by atoms with E-state index in [0.717, 1.165) is 15.7 Å². The van der Waals surface area contributed by atoms with E-state index in [0.29, 0.717) is 16.7 Å². The van der Waals surface area contributed by atoms with Gasteiger partial charge in [0.05, 0.1) is 9.81 Å². The van der Waals surface area contributed by atoms with Crippen molar-refractivity contribution in [3.8, 4) is 0 Å². The molecule has 0 saturated carbocycles. The Morgan fingerprint density at radius 2 is 1.38 bits per heavy atom. The Kier molecular flexibility index (Phi) is 2.41. The Hall–Kier alpha value is -1.00. The predicted octanol–water partition coefficient (Wildman–Crippen LogP) is 2.76. The summed E-state index contributed by atoms with van der Waals surface area (Å²) in [5, 5.41) is 0. The molecule has 1 saturated heterocycles. The molecule has 1 aromatic rings. The predicted molar refractivity (Wildman–Crippen MR) is 67.0 cm³/mol. The monoisotopic (exact) mass is 248 g/mol. The summed E-state index contributed by atoms with van der Waals surface area (Å²) in [6, 6.07) is 7.06. The van der Waals surface area contributed by atoms with E-state index in [1.807, 2.05) is 0 Å². The Labute approximate surface area is 101 Å². The number of carbonyl (C=O) groups excluding carboxylic acids is 2. The summed E-state index contributed by atoms with van der Waals surface area (Å²) in [4.78, 5) is 24.2. The van der Waals surface area contributed by atoms with Crippen molar-refractivity contribution in [1.29, 1.82) is 0 Å². The zero-order valence-electron chi connectivity index (χ0n) is 8.36. The maximum atomic E-state index is 12.1.